The topological polar surface area (TPSA) is 63.5 Å². The number of nitrogens with one attached hydrogen (secondary N) is 2. The highest BCUT2D eigenvalue weighted by Gasteiger charge is 2.36. The smallest absolute Gasteiger partial charge is 0.191 e. The van der Waals surface area contributed by atoms with E-state index in [1.54, 1.807) is 7.11 Å². The molecule has 2 rings (SSSR count). The number of aromatic nitrogens is 2. The van der Waals surface area contributed by atoms with Crippen LogP contribution in [0.15, 0.2) is 17.4 Å². The Morgan fingerprint density at radius 2 is 2.21 bits per heavy atom. The highest BCUT2D eigenvalue weighted by Crippen LogP contribution is 2.44. The number of guanidine groups is 1. The maximum Gasteiger partial charge on any atom is 0.191 e. The van der Waals surface area contributed by atoms with Crippen LogP contribution >= 0.6 is 24.0 Å². The van der Waals surface area contributed by atoms with Crippen molar-refractivity contribution in [3.8, 4) is 0 Å². The second-order valence-electron chi connectivity index (χ2n) is 6.49. The lowest BCUT2D eigenvalue weighted by Gasteiger charge is -2.40. The molecular weight excluding hydrogens is 417 g/mol. The summed E-state index contributed by atoms with van der Waals surface area (Å²) >= 11 is 0. The number of rotatable bonds is 9. The molecule has 24 heavy (non-hydrogen) atoms. The molecule has 2 N–H and O–H groups in total. The first-order valence-corrected chi connectivity index (χ1v) is 8.66. The number of nitrogens with zero attached hydrogens (tertiary/aromatic N) is 3. The zero-order chi connectivity index (χ0) is 16.5. The molecule has 1 saturated carbocycles. The van der Waals surface area contributed by atoms with Crippen LogP contribution in [0.5, 0.6) is 0 Å². The molecule has 0 bridgehead atoms. The first-order chi connectivity index (χ1) is 11.2. The first kappa shape index (κ1) is 21.2. The van der Waals surface area contributed by atoms with E-state index in [1.165, 1.54) is 24.8 Å². The minimum Gasteiger partial charge on any atom is -0.385 e. The third kappa shape index (κ3) is 6.58. The number of ether oxygens (including phenoxy) is 1. The molecule has 0 aliphatic heterocycles. The van der Waals surface area contributed by atoms with Gasteiger partial charge in [0.15, 0.2) is 5.96 Å². The highest BCUT2D eigenvalue weighted by molar-refractivity contribution is 14.0. The van der Waals surface area contributed by atoms with E-state index in [0.717, 1.165) is 45.0 Å². The number of halogens is 1. The van der Waals surface area contributed by atoms with E-state index in [0.29, 0.717) is 5.41 Å². The summed E-state index contributed by atoms with van der Waals surface area (Å²) in [7, 11) is 3.72. The summed E-state index contributed by atoms with van der Waals surface area (Å²) in [4.78, 5) is 4.81. The van der Waals surface area contributed by atoms with E-state index in [2.05, 4.69) is 28.9 Å². The van der Waals surface area contributed by atoms with Gasteiger partial charge in [-0.1, -0.05) is 6.42 Å². The molecule has 1 aliphatic rings. The van der Waals surface area contributed by atoms with Gasteiger partial charge in [0.05, 0.1) is 6.20 Å². The fourth-order valence-electron chi connectivity index (χ4n) is 3.00. The van der Waals surface area contributed by atoms with Gasteiger partial charge in [-0.3, -0.25) is 9.67 Å². The third-order valence-electron chi connectivity index (χ3n) is 4.63. The SMILES string of the molecule is CCNC(=NCC1(CCOC)CCC1)NCCc1cnn(C)c1.I. The van der Waals surface area contributed by atoms with E-state index in [1.807, 2.05) is 17.9 Å². The number of aryl methyl sites for hydroxylation is 1. The van der Waals surface area contributed by atoms with E-state index in [4.69, 9.17) is 9.73 Å². The molecule has 1 heterocycles. The molecular formula is C17H32IN5O. The minimum absolute atomic E-state index is 0. The van der Waals surface area contributed by atoms with Crippen molar-refractivity contribution >= 4 is 29.9 Å². The lowest BCUT2D eigenvalue weighted by atomic mass is 9.67. The molecule has 0 unspecified atom stereocenters. The highest BCUT2D eigenvalue weighted by atomic mass is 127. The van der Waals surface area contributed by atoms with Crippen LogP contribution in [0.2, 0.25) is 0 Å². The number of hydrogen-bond acceptors (Lipinski definition) is 3. The standard InChI is InChI=1S/C17H31N5O.HI/c1-4-18-16(19-10-6-15-12-21-22(2)13-15)20-14-17(7-5-8-17)9-11-23-3;/h12-13H,4-11,14H2,1-3H3,(H2,18,19,20);1H. The van der Waals surface area contributed by atoms with Crippen LogP contribution in [0.1, 0.15) is 38.2 Å². The lowest BCUT2D eigenvalue weighted by Crippen LogP contribution is -2.41. The van der Waals surface area contributed by atoms with Crippen LogP contribution in [0, 0.1) is 5.41 Å². The molecule has 6 nitrogen and oxygen atoms in total. The van der Waals surface area contributed by atoms with Gasteiger partial charge in [0.25, 0.3) is 0 Å². The van der Waals surface area contributed by atoms with Gasteiger partial charge in [0.2, 0.25) is 0 Å². The predicted octanol–water partition coefficient (Wildman–Crippen LogP) is 2.34. The average Bonchev–Trinajstić information content (AvgIpc) is 2.91. The molecule has 138 valence electrons. The van der Waals surface area contributed by atoms with Crippen molar-refractivity contribution in [2.75, 3.05) is 33.4 Å². The van der Waals surface area contributed by atoms with Crippen LogP contribution in [0.4, 0.5) is 0 Å². The summed E-state index contributed by atoms with van der Waals surface area (Å²) in [6.07, 6.45) is 9.91. The monoisotopic (exact) mass is 449 g/mol. The van der Waals surface area contributed by atoms with E-state index in [-0.39, 0.29) is 24.0 Å². The largest absolute Gasteiger partial charge is 0.385 e. The first-order valence-electron chi connectivity index (χ1n) is 8.66. The van der Waals surface area contributed by atoms with Gasteiger partial charge in [-0.05, 0) is 43.6 Å². The van der Waals surface area contributed by atoms with Crippen molar-refractivity contribution in [2.45, 2.75) is 39.0 Å². The van der Waals surface area contributed by atoms with Crippen molar-refractivity contribution in [1.29, 1.82) is 0 Å². The summed E-state index contributed by atoms with van der Waals surface area (Å²) in [6.45, 7) is 5.56. The van der Waals surface area contributed by atoms with Gasteiger partial charge in [0.1, 0.15) is 0 Å². The quantitative estimate of drug-likeness (QED) is 0.345. The molecule has 0 aromatic carbocycles. The molecule has 0 amide bonds. The Labute approximate surface area is 162 Å². The molecule has 1 aromatic rings. The van der Waals surface area contributed by atoms with Crippen molar-refractivity contribution in [3.63, 3.8) is 0 Å². The van der Waals surface area contributed by atoms with Crippen molar-refractivity contribution in [2.24, 2.45) is 17.5 Å². The second-order valence-corrected chi connectivity index (χ2v) is 6.49. The summed E-state index contributed by atoms with van der Waals surface area (Å²) in [5.41, 5.74) is 1.60. The second kappa shape index (κ2) is 10.9. The van der Waals surface area contributed by atoms with Crippen LogP contribution < -0.4 is 10.6 Å². The summed E-state index contributed by atoms with van der Waals surface area (Å²) in [5.74, 6) is 0.917. The van der Waals surface area contributed by atoms with Gasteiger partial charge >= 0.3 is 0 Å². The molecule has 0 radical (unpaired) electrons. The maximum atomic E-state index is 5.26. The van der Waals surface area contributed by atoms with Crippen molar-refractivity contribution in [1.82, 2.24) is 20.4 Å². The van der Waals surface area contributed by atoms with Gasteiger partial charge < -0.3 is 15.4 Å². The van der Waals surface area contributed by atoms with E-state index in [9.17, 15) is 0 Å². The molecule has 1 fully saturated rings. The Hall–Kier alpha value is -0.830. The van der Waals surface area contributed by atoms with Gasteiger partial charge in [-0.15, -0.1) is 24.0 Å². The van der Waals surface area contributed by atoms with Crippen LogP contribution in [0.25, 0.3) is 0 Å². The van der Waals surface area contributed by atoms with E-state index < -0.39 is 0 Å². The lowest BCUT2D eigenvalue weighted by molar-refractivity contribution is 0.0778. The summed E-state index contributed by atoms with van der Waals surface area (Å²) in [5, 5.41) is 11.0. The van der Waals surface area contributed by atoms with Gasteiger partial charge in [0, 0.05) is 46.6 Å². The summed E-state index contributed by atoms with van der Waals surface area (Å²) < 4.78 is 7.09. The Kier molecular flexibility index (Phi) is 9.65. The maximum absolute atomic E-state index is 5.26. The zero-order valence-corrected chi connectivity index (χ0v) is 17.5. The predicted molar refractivity (Wildman–Crippen MR) is 109 cm³/mol. The van der Waals surface area contributed by atoms with Gasteiger partial charge in [-0.2, -0.15) is 5.10 Å². The molecule has 0 saturated heterocycles. The number of methoxy groups -OCH3 is 1. The zero-order valence-electron chi connectivity index (χ0n) is 15.2. The van der Waals surface area contributed by atoms with Crippen LogP contribution in [-0.2, 0) is 18.2 Å². The minimum atomic E-state index is 0. The third-order valence-corrected chi connectivity index (χ3v) is 4.63. The fourth-order valence-corrected chi connectivity index (χ4v) is 3.00. The molecule has 1 aliphatic carbocycles. The Morgan fingerprint density at radius 3 is 2.75 bits per heavy atom. The molecule has 7 heteroatoms. The van der Waals surface area contributed by atoms with E-state index >= 15 is 0 Å². The fraction of sp³-hybridized carbons (Fsp3) is 0.765. The molecule has 0 atom stereocenters. The average molecular weight is 449 g/mol. The number of hydrogen-bond donors (Lipinski definition) is 2. The molecule has 1 aromatic heterocycles. The van der Waals surface area contributed by atoms with Crippen LogP contribution in [0.3, 0.4) is 0 Å². The molecule has 0 spiro atoms. The van der Waals surface area contributed by atoms with Crippen LogP contribution in [-0.4, -0.2) is 49.1 Å². The van der Waals surface area contributed by atoms with Crippen molar-refractivity contribution < 1.29 is 4.74 Å². The Morgan fingerprint density at radius 1 is 1.42 bits per heavy atom. The Balaban J connectivity index is 0.00000288. The number of aliphatic imine (C=N–C) groups is 1. The summed E-state index contributed by atoms with van der Waals surface area (Å²) in [6, 6.07) is 0. The van der Waals surface area contributed by atoms with Gasteiger partial charge in [-0.25, -0.2) is 0 Å². The Bertz CT molecular complexity index is 499. The normalized spacial score (nSPS) is 16.2. The van der Waals surface area contributed by atoms with Crippen molar-refractivity contribution in [3.05, 3.63) is 18.0 Å².